The smallest absolute Gasteiger partial charge is 0.258 e. The van der Waals surface area contributed by atoms with E-state index in [0.717, 1.165) is 5.56 Å². The molecule has 0 unspecified atom stereocenters. The van der Waals surface area contributed by atoms with E-state index in [9.17, 15) is 9.59 Å². The predicted octanol–water partition coefficient (Wildman–Crippen LogP) is 2.21. The van der Waals surface area contributed by atoms with E-state index < -0.39 is 0 Å². The van der Waals surface area contributed by atoms with Gasteiger partial charge in [-0.15, -0.1) is 0 Å². The summed E-state index contributed by atoms with van der Waals surface area (Å²) >= 11 is 0. The lowest BCUT2D eigenvalue weighted by molar-refractivity contribution is -0.123. The van der Waals surface area contributed by atoms with Gasteiger partial charge in [-0.1, -0.05) is 18.2 Å². The number of hydrogen-bond acceptors (Lipinski definition) is 5. The summed E-state index contributed by atoms with van der Waals surface area (Å²) in [6, 6.07) is 12.1. The Morgan fingerprint density at radius 1 is 1.04 bits per heavy atom. The molecule has 0 bridgehead atoms. The van der Waals surface area contributed by atoms with Crippen molar-refractivity contribution in [1.82, 2.24) is 5.32 Å². The molecule has 2 aromatic carbocycles. The first kappa shape index (κ1) is 17.3. The molecule has 2 aromatic rings. The Balaban J connectivity index is 1.88. The number of aldehydes is 1. The molecule has 0 aromatic heterocycles. The van der Waals surface area contributed by atoms with Crippen molar-refractivity contribution in [3.05, 3.63) is 53.6 Å². The maximum Gasteiger partial charge on any atom is 0.258 e. The molecule has 0 aliphatic heterocycles. The van der Waals surface area contributed by atoms with Crippen LogP contribution in [0.25, 0.3) is 0 Å². The van der Waals surface area contributed by atoms with Crippen molar-refractivity contribution >= 4 is 12.2 Å². The first-order valence-corrected chi connectivity index (χ1v) is 7.32. The van der Waals surface area contributed by atoms with Crippen LogP contribution in [0.3, 0.4) is 0 Å². The highest BCUT2D eigenvalue weighted by Crippen LogP contribution is 2.27. The molecule has 0 radical (unpaired) electrons. The van der Waals surface area contributed by atoms with Crippen molar-refractivity contribution in [3.8, 4) is 17.2 Å². The van der Waals surface area contributed by atoms with Gasteiger partial charge in [-0.3, -0.25) is 9.59 Å². The Kier molecular flexibility index (Phi) is 6.19. The SMILES string of the molecule is COc1ccc(CNC(=O)COc2ccccc2C=O)cc1OC. The lowest BCUT2D eigenvalue weighted by Crippen LogP contribution is -2.28. The van der Waals surface area contributed by atoms with Crippen LogP contribution < -0.4 is 19.5 Å². The van der Waals surface area contributed by atoms with E-state index in [4.69, 9.17) is 14.2 Å². The van der Waals surface area contributed by atoms with E-state index in [2.05, 4.69) is 5.32 Å². The molecule has 0 fully saturated rings. The van der Waals surface area contributed by atoms with Gasteiger partial charge in [-0.05, 0) is 29.8 Å². The minimum Gasteiger partial charge on any atom is -0.493 e. The average molecular weight is 329 g/mol. The van der Waals surface area contributed by atoms with Crippen LogP contribution in [-0.2, 0) is 11.3 Å². The molecular formula is C18H19NO5. The molecule has 0 aliphatic carbocycles. The number of carbonyl (C=O) groups excluding carboxylic acids is 2. The monoisotopic (exact) mass is 329 g/mol. The molecule has 126 valence electrons. The van der Waals surface area contributed by atoms with Gasteiger partial charge in [0.1, 0.15) is 5.75 Å². The van der Waals surface area contributed by atoms with Crippen molar-refractivity contribution in [2.75, 3.05) is 20.8 Å². The highest BCUT2D eigenvalue weighted by molar-refractivity contribution is 5.80. The zero-order valence-electron chi connectivity index (χ0n) is 13.6. The molecule has 1 amide bonds. The Morgan fingerprint density at radius 2 is 1.79 bits per heavy atom. The van der Waals surface area contributed by atoms with Gasteiger partial charge in [0.25, 0.3) is 5.91 Å². The standard InChI is InChI=1S/C18H19NO5/c1-22-16-8-7-13(9-17(16)23-2)10-19-18(21)12-24-15-6-4-3-5-14(15)11-20/h3-9,11H,10,12H2,1-2H3,(H,19,21). The molecule has 0 atom stereocenters. The summed E-state index contributed by atoms with van der Waals surface area (Å²) in [5, 5.41) is 2.75. The fourth-order valence-corrected chi connectivity index (χ4v) is 2.09. The first-order valence-electron chi connectivity index (χ1n) is 7.32. The predicted molar refractivity (Wildman–Crippen MR) is 88.7 cm³/mol. The highest BCUT2D eigenvalue weighted by Gasteiger charge is 2.08. The molecule has 2 rings (SSSR count). The summed E-state index contributed by atoms with van der Waals surface area (Å²) < 4.78 is 15.8. The topological polar surface area (TPSA) is 73.9 Å². The minimum atomic E-state index is -0.287. The average Bonchev–Trinajstić information content (AvgIpc) is 2.64. The molecular weight excluding hydrogens is 310 g/mol. The fraction of sp³-hybridized carbons (Fsp3) is 0.222. The molecule has 0 spiro atoms. The molecule has 0 aliphatic rings. The maximum atomic E-state index is 11.9. The Labute approximate surface area is 140 Å². The number of hydrogen-bond donors (Lipinski definition) is 1. The van der Waals surface area contributed by atoms with Crippen LogP contribution in [0.1, 0.15) is 15.9 Å². The van der Waals surface area contributed by atoms with Crippen LogP contribution in [-0.4, -0.2) is 33.0 Å². The molecule has 6 nitrogen and oxygen atoms in total. The van der Waals surface area contributed by atoms with Crippen LogP contribution in [0, 0.1) is 0 Å². The summed E-state index contributed by atoms with van der Waals surface area (Å²) in [5.74, 6) is 1.32. The number of benzene rings is 2. The summed E-state index contributed by atoms with van der Waals surface area (Å²) in [6.45, 7) is 0.163. The second kappa shape index (κ2) is 8.57. The summed E-state index contributed by atoms with van der Waals surface area (Å²) in [4.78, 5) is 22.8. The fourth-order valence-electron chi connectivity index (χ4n) is 2.09. The third kappa shape index (κ3) is 4.49. The van der Waals surface area contributed by atoms with Crippen LogP contribution in [0.2, 0.25) is 0 Å². The highest BCUT2D eigenvalue weighted by atomic mass is 16.5. The number of carbonyl (C=O) groups is 2. The van der Waals surface area contributed by atoms with Crippen LogP contribution in [0.4, 0.5) is 0 Å². The molecule has 0 saturated heterocycles. The number of para-hydroxylation sites is 1. The summed E-state index contributed by atoms with van der Waals surface area (Å²) in [5.41, 5.74) is 1.28. The van der Waals surface area contributed by atoms with Crippen LogP contribution >= 0.6 is 0 Å². The van der Waals surface area contributed by atoms with Crippen molar-refractivity contribution in [3.63, 3.8) is 0 Å². The maximum absolute atomic E-state index is 11.9. The molecule has 0 heterocycles. The van der Waals surface area contributed by atoms with Gasteiger partial charge in [0.15, 0.2) is 24.4 Å². The van der Waals surface area contributed by atoms with Gasteiger partial charge >= 0.3 is 0 Å². The number of rotatable bonds is 8. The molecule has 1 N–H and O–H groups in total. The van der Waals surface area contributed by atoms with E-state index in [1.54, 1.807) is 50.6 Å². The van der Waals surface area contributed by atoms with E-state index in [0.29, 0.717) is 35.6 Å². The minimum absolute atomic E-state index is 0.169. The first-order chi connectivity index (χ1) is 11.7. The second-order valence-electron chi connectivity index (χ2n) is 4.91. The lowest BCUT2D eigenvalue weighted by atomic mass is 10.2. The van der Waals surface area contributed by atoms with Crippen molar-refractivity contribution in [1.29, 1.82) is 0 Å². The zero-order valence-corrected chi connectivity index (χ0v) is 13.6. The third-order valence-electron chi connectivity index (χ3n) is 3.34. The van der Waals surface area contributed by atoms with Crippen molar-refractivity contribution in [2.45, 2.75) is 6.54 Å². The Morgan fingerprint density at radius 3 is 2.50 bits per heavy atom. The van der Waals surface area contributed by atoms with Crippen LogP contribution in [0.15, 0.2) is 42.5 Å². The van der Waals surface area contributed by atoms with Crippen molar-refractivity contribution < 1.29 is 23.8 Å². The Bertz CT molecular complexity index is 714. The number of ether oxygens (including phenoxy) is 3. The van der Waals surface area contributed by atoms with Crippen molar-refractivity contribution in [2.24, 2.45) is 0 Å². The normalized spacial score (nSPS) is 9.92. The summed E-state index contributed by atoms with van der Waals surface area (Å²) in [7, 11) is 3.12. The third-order valence-corrected chi connectivity index (χ3v) is 3.34. The number of amides is 1. The molecule has 24 heavy (non-hydrogen) atoms. The van der Waals surface area contributed by atoms with Gasteiger partial charge in [-0.25, -0.2) is 0 Å². The van der Waals surface area contributed by atoms with Gasteiger partial charge < -0.3 is 19.5 Å². The van der Waals surface area contributed by atoms with Crippen LogP contribution in [0.5, 0.6) is 17.2 Å². The molecule has 6 heteroatoms. The van der Waals surface area contributed by atoms with E-state index >= 15 is 0 Å². The number of nitrogens with one attached hydrogen (secondary N) is 1. The largest absolute Gasteiger partial charge is 0.493 e. The quantitative estimate of drug-likeness (QED) is 0.752. The van der Waals surface area contributed by atoms with E-state index in [-0.39, 0.29) is 12.5 Å². The zero-order chi connectivity index (χ0) is 17.4. The summed E-state index contributed by atoms with van der Waals surface area (Å²) in [6.07, 6.45) is 0.691. The van der Waals surface area contributed by atoms with E-state index in [1.807, 2.05) is 6.07 Å². The van der Waals surface area contributed by atoms with E-state index in [1.165, 1.54) is 0 Å². The van der Waals surface area contributed by atoms with Gasteiger partial charge in [0, 0.05) is 6.54 Å². The second-order valence-corrected chi connectivity index (χ2v) is 4.91. The number of methoxy groups -OCH3 is 2. The Hall–Kier alpha value is -3.02. The van der Waals surface area contributed by atoms with Gasteiger partial charge in [0.2, 0.25) is 0 Å². The molecule has 0 saturated carbocycles. The van der Waals surface area contributed by atoms with Gasteiger partial charge in [-0.2, -0.15) is 0 Å². The lowest BCUT2D eigenvalue weighted by Gasteiger charge is -2.11. The van der Waals surface area contributed by atoms with Gasteiger partial charge in [0.05, 0.1) is 19.8 Å².